The normalized spacial score (nSPS) is 20.3. The van der Waals surface area contributed by atoms with E-state index in [-0.39, 0.29) is 17.9 Å². The van der Waals surface area contributed by atoms with Crippen LogP contribution in [0.2, 0.25) is 0 Å². The standard InChI is InChI=1S/C24H36N4O2S2.C4H5FO/c1-15(17-10-12-18(13-11-17)20(32-7)16(2)25-5)27-22(29)19-9-8-14-28(19)23(30)21(26-6)24(3,4)31;5-4(3-6)1-2-4/h10-13,15,19,21,26,31H,5,8-9,14H2,1-4,6-7H3,(H,27,29);3H,1-2H2/b20-16-;/t15-,19-,21+;/m0./s1. The molecule has 3 rings (SSSR count). The number of rotatable bonds is 10. The molecule has 1 aliphatic heterocycles. The molecule has 210 valence electrons. The van der Waals surface area contributed by atoms with E-state index in [1.807, 2.05) is 58.2 Å². The van der Waals surface area contributed by atoms with Gasteiger partial charge < -0.3 is 15.5 Å². The van der Waals surface area contributed by atoms with Crippen molar-refractivity contribution >= 4 is 54.1 Å². The smallest absolute Gasteiger partial charge is 0.243 e. The highest BCUT2D eigenvalue weighted by molar-refractivity contribution is 8.07. The second-order valence-corrected chi connectivity index (χ2v) is 12.3. The van der Waals surface area contributed by atoms with Crippen LogP contribution in [0.4, 0.5) is 4.39 Å². The zero-order valence-electron chi connectivity index (χ0n) is 23.2. The number of amides is 2. The third-order valence-corrected chi connectivity index (χ3v) is 8.02. The Labute approximate surface area is 235 Å². The summed E-state index contributed by atoms with van der Waals surface area (Å²) < 4.78 is 11.3. The highest BCUT2D eigenvalue weighted by Crippen LogP contribution is 2.37. The number of aldehydes is 1. The molecule has 0 radical (unpaired) electrons. The van der Waals surface area contributed by atoms with Gasteiger partial charge in [0.2, 0.25) is 11.8 Å². The molecule has 0 aromatic heterocycles. The van der Waals surface area contributed by atoms with E-state index in [4.69, 9.17) is 0 Å². The molecule has 1 saturated heterocycles. The van der Waals surface area contributed by atoms with Crippen molar-refractivity contribution in [3.05, 3.63) is 41.1 Å². The van der Waals surface area contributed by atoms with Crippen molar-refractivity contribution in [3.63, 3.8) is 0 Å². The largest absolute Gasteiger partial charge is 0.348 e. The molecule has 3 atom stereocenters. The van der Waals surface area contributed by atoms with E-state index in [2.05, 4.69) is 35.0 Å². The van der Waals surface area contributed by atoms with E-state index in [0.717, 1.165) is 28.1 Å². The topological polar surface area (TPSA) is 90.9 Å². The molecule has 0 bridgehead atoms. The first kappa shape index (κ1) is 32.0. The number of hydrogen-bond acceptors (Lipinski definition) is 7. The van der Waals surface area contributed by atoms with Crippen molar-refractivity contribution < 1.29 is 18.8 Å². The Balaban J connectivity index is 0.000000739. The van der Waals surface area contributed by atoms with Gasteiger partial charge in [0.25, 0.3) is 0 Å². The number of allylic oxidation sites excluding steroid dienone is 1. The molecule has 2 amide bonds. The first-order chi connectivity index (χ1) is 17.8. The van der Waals surface area contributed by atoms with Crippen LogP contribution in [0.1, 0.15) is 70.5 Å². The fourth-order valence-corrected chi connectivity index (χ4v) is 5.32. The molecule has 2 fully saturated rings. The van der Waals surface area contributed by atoms with Crippen LogP contribution in [0, 0.1) is 0 Å². The van der Waals surface area contributed by atoms with Gasteiger partial charge in [-0.3, -0.25) is 19.4 Å². The molecule has 2 aliphatic rings. The molecule has 2 N–H and O–H groups in total. The molecule has 0 unspecified atom stereocenters. The second-order valence-electron chi connectivity index (χ2n) is 10.3. The summed E-state index contributed by atoms with van der Waals surface area (Å²) in [4.78, 5) is 42.5. The number of thioether (sulfide) groups is 1. The maximum absolute atomic E-state index is 13.1. The van der Waals surface area contributed by atoms with E-state index < -0.39 is 22.5 Å². The lowest BCUT2D eigenvalue weighted by molar-refractivity contribution is -0.140. The number of alkyl halides is 1. The molecule has 38 heavy (non-hydrogen) atoms. The fraction of sp³-hybridized carbons (Fsp3) is 0.571. The fourth-order valence-electron chi connectivity index (χ4n) is 4.35. The third-order valence-electron chi connectivity index (χ3n) is 6.82. The first-order valence-corrected chi connectivity index (χ1v) is 14.5. The van der Waals surface area contributed by atoms with E-state index >= 15 is 0 Å². The van der Waals surface area contributed by atoms with E-state index in [1.165, 1.54) is 0 Å². The number of likely N-dealkylation sites (tertiary alicyclic amines) is 1. The van der Waals surface area contributed by atoms with Crippen molar-refractivity contribution in [2.75, 3.05) is 19.8 Å². The molecule has 1 aromatic carbocycles. The first-order valence-electron chi connectivity index (χ1n) is 12.8. The molecule has 10 heteroatoms. The summed E-state index contributed by atoms with van der Waals surface area (Å²) in [7, 11) is 1.75. The molecule has 1 saturated carbocycles. The van der Waals surface area contributed by atoms with Gasteiger partial charge in [0.1, 0.15) is 12.1 Å². The maximum Gasteiger partial charge on any atom is 0.243 e. The van der Waals surface area contributed by atoms with Gasteiger partial charge in [0, 0.05) is 16.2 Å². The van der Waals surface area contributed by atoms with Crippen molar-refractivity contribution in [1.82, 2.24) is 15.5 Å². The van der Waals surface area contributed by atoms with Crippen LogP contribution in [0.15, 0.2) is 35.0 Å². The second kappa shape index (κ2) is 13.8. The summed E-state index contributed by atoms with van der Waals surface area (Å²) >= 11 is 6.20. The molecule has 1 aliphatic carbocycles. The van der Waals surface area contributed by atoms with Gasteiger partial charge in [0.05, 0.1) is 11.7 Å². The van der Waals surface area contributed by atoms with Crippen LogP contribution in [0.25, 0.3) is 4.91 Å². The van der Waals surface area contributed by atoms with Crippen molar-refractivity contribution in [3.8, 4) is 0 Å². The van der Waals surface area contributed by atoms with Crippen LogP contribution in [-0.2, 0) is 14.4 Å². The summed E-state index contributed by atoms with van der Waals surface area (Å²) in [5.74, 6) is -0.194. The lowest BCUT2D eigenvalue weighted by Crippen LogP contribution is -2.57. The highest BCUT2D eigenvalue weighted by atomic mass is 32.2. The van der Waals surface area contributed by atoms with Gasteiger partial charge in [-0.2, -0.15) is 12.6 Å². The van der Waals surface area contributed by atoms with Gasteiger partial charge in [-0.05, 0) is 84.5 Å². The Bertz CT molecular complexity index is 1040. The number of nitrogens with one attached hydrogen (secondary N) is 2. The lowest BCUT2D eigenvalue weighted by Gasteiger charge is -2.34. The average molecular weight is 565 g/mol. The molecule has 0 spiro atoms. The number of halogens is 1. The third kappa shape index (κ3) is 8.41. The molecular formula is C28H41FN4O3S2. The van der Waals surface area contributed by atoms with Crippen LogP contribution in [-0.4, -0.2) is 72.1 Å². The number of nitrogens with zero attached hydrogens (tertiary/aromatic N) is 2. The van der Waals surface area contributed by atoms with Crippen molar-refractivity contribution in [1.29, 1.82) is 0 Å². The number of thiol groups is 1. The highest BCUT2D eigenvalue weighted by Gasteiger charge is 2.43. The van der Waals surface area contributed by atoms with E-state index in [9.17, 15) is 18.8 Å². The summed E-state index contributed by atoms with van der Waals surface area (Å²) in [5.41, 5.74) is 1.58. The summed E-state index contributed by atoms with van der Waals surface area (Å²) in [5, 5.41) is 6.16. The summed E-state index contributed by atoms with van der Waals surface area (Å²) in [6.45, 7) is 11.9. The molecule has 1 heterocycles. The number of likely N-dealkylation sites (N-methyl/N-ethyl adjacent to an activating group) is 1. The number of hydrogen-bond donors (Lipinski definition) is 3. The van der Waals surface area contributed by atoms with E-state index in [0.29, 0.717) is 32.1 Å². The van der Waals surface area contributed by atoms with Crippen LogP contribution >= 0.6 is 24.4 Å². The Morgan fingerprint density at radius 3 is 2.34 bits per heavy atom. The van der Waals surface area contributed by atoms with Crippen LogP contribution in [0.5, 0.6) is 0 Å². The number of benzene rings is 1. The number of aliphatic imine (C=N–C) groups is 1. The van der Waals surface area contributed by atoms with Gasteiger partial charge in [-0.1, -0.05) is 24.3 Å². The van der Waals surface area contributed by atoms with Crippen molar-refractivity contribution in [2.45, 2.75) is 81.9 Å². The minimum Gasteiger partial charge on any atom is -0.348 e. The quantitative estimate of drug-likeness (QED) is 0.220. The molecular weight excluding hydrogens is 523 g/mol. The predicted molar refractivity (Wildman–Crippen MR) is 158 cm³/mol. The van der Waals surface area contributed by atoms with Crippen LogP contribution in [0.3, 0.4) is 0 Å². The minimum absolute atomic E-state index is 0.0789. The zero-order chi connectivity index (χ0) is 28.7. The number of carbonyl (C=O) groups excluding carboxylic acids is 3. The van der Waals surface area contributed by atoms with E-state index in [1.54, 1.807) is 23.7 Å². The number of carbonyl (C=O) groups is 3. The van der Waals surface area contributed by atoms with Gasteiger partial charge in [-0.25, -0.2) is 4.39 Å². The summed E-state index contributed by atoms with van der Waals surface area (Å²) in [6.07, 6.45) is 4.77. The average Bonchev–Trinajstić information content (AvgIpc) is 3.42. The molecule has 7 nitrogen and oxygen atoms in total. The van der Waals surface area contributed by atoms with Gasteiger partial charge >= 0.3 is 0 Å². The Morgan fingerprint density at radius 1 is 1.32 bits per heavy atom. The maximum atomic E-state index is 13.1. The summed E-state index contributed by atoms with van der Waals surface area (Å²) in [6, 6.07) is 7.03. The van der Waals surface area contributed by atoms with Gasteiger partial charge in [0.15, 0.2) is 12.0 Å². The Morgan fingerprint density at radius 2 is 1.92 bits per heavy atom. The predicted octanol–water partition coefficient (Wildman–Crippen LogP) is 4.59. The van der Waals surface area contributed by atoms with Gasteiger partial charge in [-0.15, -0.1) is 11.8 Å². The molecule has 1 aromatic rings. The van der Waals surface area contributed by atoms with Crippen molar-refractivity contribution in [2.24, 2.45) is 4.99 Å². The Kier molecular flexibility index (Phi) is 11.6. The monoisotopic (exact) mass is 564 g/mol. The SMILES string of the molecule is C=N/C(C)=C(\SC)c1ccc([C@H](C)NC(=O)[C@@H]2CCCN2C(=O)[C@@H](NC)C(C)(C)S)cc1.O=CC1(F)CC1. The van der Waals surface area contributed by atoms with Crippen LogP contribution < -0.4 is 10.6 Å². The minimum atomic E-state index is -1.39. The Hall–Kier alpha value is -2.17. The zero-order valence-corrected chi connectivity index (χ0v) is 24.9. The lowest BCUT2D eigenvalue weighted by atomic mass is 10.0.